The van der Waals surface area contributed by atoms with Crippen LogP contribution in [0.1, 0.15) is 68.3 Å². The molecule has 3 N–H and O–H groups in total. The van der Waals surface area contributed by atoms with Gasteiger partial charge in [-0.25, -0.2) is 4.99 Å². The minimum atomic E-state index is -0.0389. The normalized spacial score (nSPS) is 14.8. The van der Waals surface area contributed by atoms with E-state index in [-0.39, 0.29) is 29.9 Å². The lowest BCUT2D eigenvalue weighted by atomic mass is 9.98. The van der Waals surface area contributed by atoms with Crippen molar-refractivity contribution in [3.63, 3.8) is 0 Å². The maximum absolute atomic E-state index is 11.8. The molecule has 1 fully saturated rings. The third kappa shape index (κ3) is 10.3. The number of carbonyl (C=O) groups is 1. The molecule has 0 bridgehead atoms. The van der Waals surface area contributed by atoms with Crippen molar-refractivity contribution in [1.82, 2.24) is 16.0 Å². The van der Waals surface area contributed by atoms with E-state index in [1.165, 1.54) is 32.1 Å². The summed E-state index contributed by atoms with van der Waals surface area (Å²) in [7, 11) is 0. The fourth-order valence-corrected chi connectivity index (χ4v) is 3.30. The first-order chi connectivity index (χ1) is 13.7. The molecule has 0 atom stereocenters. The second-order valence-corrected chi connectivity index (χ2v) is 7.16. The highest BCUT2D eigenvalue weighted by atomic mass is 127. The molecular formula is C22H37IN4O2. The quantitative estimate of drug-likeness (QED) is 0.191. The predicted molar refractivity (Wildman–Crippen MR) is 130 cm³/mol. The van der Waals surface area contributed by atoms with Gasteiger partial charge in [0.2, 0.25) is 0 Å². The highest BCUT2D eigenvalue weighted by Gasteiger charge is 2.13. The van der Waals surface area contributed by atoms with Crippen molar-refractivity contribution >= 4 is 35.8 Å². The van der Waals surface area contributed by atoms with E-state index in [0.717, 1.165) is 37.6 Å². The first kappa shape index (κ1) is 25.7. The highest BCUT2D eigenvalue weighted by molar-refractivity contribution is 14.0. The number of ether oxygens (including phenoxy) is 1. The molecule has 29 heavy (non-hydrogen) atoms. The van der Waals surface area contributed by atoms with Crippen LogP contribution in [0, 0.1) is 0 Å². The zero-order valence-corrected chi connectivity index (χ0v) is 20.2. The van der Waals surface area contributed by atoms with Crippen molar-refractivity contribution in [3.8, 4) is 0 Å². The van der Waals surface area contributed by atoms with Crippen molar-refractivity contribution in [2.24, 2.45) is 4.99 Å². The van der Waals surface area contributed by atoms with E-state index in [4.69, 9.17) is 4.74 Å². The van der Waals surface area contributed by atoms with E-state index in [1.54, 1.807) is 0 Å². The van der Waals surface area contributed by atoms with Gasteiger partial charge in [0.25, 0.3) is 5.91 Å². The number of guanidine groups is 1. The number of halogens is 1. The van der Waals surface area contributed by atoms with Crippen LogP contribution in [-0.2, 0) is 11.3 Å². The number of rotatable bonds is 10. The molecule has 0 spiro atoms. The molecule has 0 aromatic heterocycles. The van der Waals surface area contributed by atoms with Crippen molar-refractivity contribution in [2.45, 2.75) is 65.0 Å². The van der Waals surface area contributed by atoms with E-state index in [2.05, 4.69) is 27.9 Å². The maximum atomic E-state index is 11.8. The molecule has 0 saturated heterocycles. The summed E-state index contributed by atoms with van der Waals surface area (Å²) in [4.78, 5) is 16.4. The molecule has 1 aliphatic carbocycles. The number of hydrogen-bond acceptors (Lipinski definition) is 3. The fraction of sp³-hybridized carbons (Fsp3) is 0.636. The molecule has 1 amide bonds. The van der Waals surface area contributed by atoms with Crippen molar-refractivity contribution in [3.05, 3.63) is 35.4 Å². The van der Waals surface area contributed by atoms with Gasteiger partial charge < -0.3 is 20.7 Å². The largest absolute Gasteiger partial charge is 0.378 e. The predicted octanol–water partition coefficient (Wildman–Crippen LogP) is 3.85. The topological polar surface area (TPSA) is 74.8 Å². The number of benzene rings is 1. The Labute approximate surface area is 192 Å². The molecule has 164 valence electrons. The summed E-state index contributed by atoms with van der Waals surface area (Å²) >= 11 is 0. The molecule has 0 radical (unpaired) electrons. The Kier molecular flexibility index (Phi) is 13.7. The summed E-state index contributed by atoms with van der Waals surface area (Å²) in [5.74, 6) is 0.774. The second-order valence-electron chi connectivity index (χ2n) is 7.16. The minimum absolute atomic E-state index is 0. The van der Waals surface area contributed by atoms with Crippen LogP contribution in [-0.4, -0.2) is 44.2 Å². The molecular weight excluding hydrogens is 479 g/mol. The Hall–Kier alpha value is -1.35. The number of aliphatic imine (C=N–C) groups is 1. The number of carbonyl (C=O) groups excluding carboxylic acids is 1. The van der Waals surface area contributed by atoms with Gasteiger partial charge in [-0.05, 0) is 50.8 Å². The van der Waals surface area contributed by atoms with E-state index in [0.29, 0.717) is 24.8 Å². The number of hydrogen-bond donors (Lipinski definition) is 3. The van der Waals surface area contributed by atoms with Crippen LogP contribution in [0.3, 0.4) is 0 Å². The second kappa shape index (κ2) is 15.5. The van der Waals surface area contributed by atoms with Gasteiger partial charge in [-0.3, -0.25) is 4.79 Å². The van der Waals surface area contributed by atoms with E-state index in [1.807, 2.05) is 31.2 Å². The van der Waals surface area contributed by atoms with Crippen molar-refractivity contribution in [1.29, 1.82) is 0 Å². The maximum Gasteiger partial charge on any atom is 0.251 e. The first-order valence-corrected chi connectivity index (χ1v) is 10.7. The van der Waals surface area contributed by atoms with Gasteiger partial charge >= 0.3 is 0 Å². The smallest absolute Gasteiger partial charge is 0.251 e. The molecule has 2 rings (SSSR count). The molecule has 1 aliphatic rings. The molecule has 7 heteroatoms. The van der Waals surface area contributed by atoms with Crippen LogP contribution in [0.5, 0.6) is 0 Å². The molecule has 1 aromatic rings. The van der Waals surface area contributed by atoms with E-state index < -0.39 is 0 Å². The van der Waals surface area contributed by atoms with Crippen LogP contribution in [0.4, 0.5) is 0 Å². The van der Waals surface area contributed by atoms with Crippen LogP contribution < -0.4 is 16.0 Å². The average Bonchev–Trinajstić information content (AvgIpc) is 2.73. The molecule has 0 aliphatic heterocycles. The first-order valence-electron chi connectivity index (χ1n) is 10.7. The van der Waals surface area contributed by atoms with Crippen LogP contribution in [0.15, 0.2) is 29.3 Å². The summed E-state index contributed by atoms with van der Waals surface area (Å²) in [6.45, 7) is 7.65. The minimum Gasteiger partial charge on any atom is -0.378 e. The lowest BCUT2D eigenvalue weighted by Gasteiger charge is -2.22. The van der Waals surface area contributed by atoms with E-state index in [9.17, 15) is 4.79 Å². The zero-order chi connectivity index (χ0) is 20.0. The Bertz CT molecular complexity index is 601. The van der Waals surface area contributed by atoms with Gasteiger partial charge in [0.1, 0.15) is 0 Å². The monoisotopic (exact) mass is 516 g/mol. The Balaban J connectivity index is 0.00000420. The summed E-state index contributed by atoms with van der Waals surface area (Å²) < 4.78 is 5.97. The zero-order valence-electron chi connectivity index (χ0n) is 17.8. The number of amides is 1. The highest BCUT2D eigenvalue weighted by Crippen LogP contribution is 2.20. The SMILES string of the molecule is CCNC(=O)c1ccc(CN=C(NCC)NCCCOC2CCCCC2)cc1.I. The fourth-order valence-electron chi connectivity index (χ4n) is 3.30. The van der Waals surface area contributed by atoms with Crippen LogP contribution >= 0.6 is 24.0 Å². The third-order valence-corrected chi connectivity index (χ3v) is 4.84. The lowest BCUT2D eigenvalue weighted by Crippen LogP contribution is -2.38. The summed E-state index contributed by atoms with van der Waals surface area (Å²) in [6, 6.07) is 7.60. The Morgan fingerprint density at radius 3 is 2.38 bits per heavy atom. The molecule has 0 heterocycles. The van der Waals surface area contributed by atoms with Crippen molar-refractivity contribution in [2.75, 3.05) is 26.2 Å². The Morgan fingerprint density at radius 2 is 1.72 bits per heavy atom. The Morgan fingerprint density at radius 1 is 1.03 bits per heavy atom. The molecule has 1 aromatic carbocycles. The standard InChI is InChI=1S/C22H36N4O2.HI/c1-3-23-21(27)19-13-11-18(12-14-19)17-26-22(24-4-2)25-15-8-16-28-20-9-6-5-7-10-20;/h11-14,20H,3-10,15-17H2,1-2H3,(H,23,27)(H2,24,25,26);1H. The van der Waals surface area contributed by atoms with Gasteiger partial charge in [0, 0.05) is 31.8 Å². The number of nitrogens with one attached hydrogen (secondary N) is 3. The van der Waals surface area contributed by atoms with Gasteiger partial charge in [0.05, 0.1) is 12.6 Å². The average molecular weight is 516 g/mol. The third-order valence-electron chi connectivity index (χ3n) is 4.84. The van der Waals surface area contributed by atoms with Crippen LogP contribution in [0.25, 0.3) is 0 Å². The number of nitrogens with zero attached hydrogens (tertiary/aromatic N) is 1. The molecule has 6 nitrogen and oxygen atoms in total. The summed E-state index contributed by atoms with van der Waals surface area (Å²) in [5.41, 5.74) is 1.75. The van der Waals surface area contributed by atoms with Gasteiger partial charge in [-0.15, -0.1) is 24.0 Å². The van der Waals surface area contributed by atoms with Crippen LogP contribution in [0.2, 0.25) is 0 Å². The molecule has 1 saturated carbocycles. The van der Waals surface area contributed by atoms with Crippen molar-refractivity contribution < 1.29 is 9.53 Å². The van der Waals surface area contributed by atoms with Gasteiger partial charge in [-0.2, -0.15) is 0 Å². The summed E-state index contributed by atoms with van der Waals surface area (Å²) in [6.07, 6.45) is 7.86. The molecule has 0 unspecified atom stereocenters. The van der Waals surface area contributed by atoms with Gasteiger partial charge in [-0.1, -0.05) is 31.4 Å². The lowest BCUT2D eigenvalue weighted by molar-refractivity contribution is 0.0277. The van der Waals surface area contributed by atoms with E-state index >= 15 is 0 Å². The summed E-state index contributed by atoms with van der Waals surface area (Å²) in [5, 5.41) is 9.45. The van der Waals surface area contributed by atoms with Gasteiger partial charge in [0.15, 0.2) is 5.96 Å².